The fraction of sp³-hybridized carbons (Fsp3) is 0.0870. The van der Waals surface area contributed by atoms with Crippen molar-refractivity contribution in [1.82, 2.24) is 0 Å². The van der Waals surface area contributed by atoms with E-state index in [9.17, 15) is 9.90 Å². The summed E-state index contributed by atoms with van der Waals surface area (Å²) in [5, 5.41) is 10.6. The van der Waals surface area contributed by atoms with Crippen molar-refractivity contribution in [3.63, 3.8) is 0 Å². The van der Waals surface area contributed by atoms with E-state index in [4.69, 9.17) is 9.47 Å². The number of benzene rings is 3. The van der Waals surface area contributed by atoms with Crippen molar-refractivity contribution in [2.45, 2.75) is 13.2 Å². The molecule has 0 radical (unpaired) electrons. The van der Waals surface area contributed by atoms with E-state index in [1.54, 1.807) is 0 Å². The maximum atomic E-state index is 10.6. The smallest absolute Gasteiger partial charge is 0.545 e. The monoisotopic (exact) mass is 382 g/mol. The van der Waals surface area contributed by atoms with E-state index in [-0.39, 0.29) is 29.6 Å². The van der Waals surface area contributed by atoms with E-state index >= 15 is 0 Å². The third-order valence-corrected chi connectivity index (χ3v) is 3.91. The summed E-state index contributed by atoms with van der Waals surface area (Å²) in [6.45, 7) is 0.731. The van der Waals surface area contributed by atoms with Gasteiger partial charge in [0.2, 0.25) is 0 Å². The van der Waals surface area contributed by atoms with Gasteiger partial charge in [-0.3, -0.25) is 0 Å². The number of carbonyl (C=O) groups is 1. The van der Waals surface area contributed by atoms with Crippen LogP contribution in [0.3, 0.4) is 0 Å². The van der Waals surface area contributed by atoms with Crippen LogP contribution >= 0.6 is 0 Å². The van der Waals surface area contributed by atoms with E-state index in [0.29, 0.717) is 13.2 Å². The summed E-state index contributed by atoms with van der Waals surface area (Å²) in [5.74, 6) is 0.286. The minimum Gasteiger partial charge on any atom is -0.545 e. The fourth-order valence-electron chi connectivity index (χ4n) is 2.60. The Morgan fingerprint density at radius 2 is 1.43 bits per heavy atom. The molecule has 0 amide bonds. The van der Waals surface area contributed by atoms with Crippen LogP contribution in [0, 0.1) is 0 Å². The van der Waals surface area contributed by atoms with E-state index in [1.807, 2.05) is 78.9 Å². The Balaban J connectivity index is 0.00000280. The Morgan fingerprint density at radius 1 is 0.821 bits per heavy atom. The molecule has 5 heteroatoms. The van der Waals surface area contributed by atoms with Crippen LogP contribution in [0.4, 0.5) is 0 Å². The molecule has 3 rings (SSSR count). The Hall–Kier alpha value is -2.37. The van der Waals surface area contributed by atoms with E-state index in [2.05, 4.69) is 0 Å². The first-order valence-electron chi connectivity index (χ1n) is 8.58. The number of para-hydroxylation sites is 2. The summed E-state index contributed by atoms with van der Waals surface area (Å²) >= 11 is 0. The number of carbonyl (C=O) groups excluding carboxylic acids is 1. The van der Waals surface area contributed by atoms with Crippen LogP contribution in [0.25, 0.3) is 6.08 Å². The third-order valence-electron chi connectivity index (χ3n) is 3.91. The van der Waals surface area contributed by atoms with Crippen molar-refractivity contribution in [3.8, 4) is 11.5 Å². The predicted octanol–water partition coefficient (Wildman–Crippen LogP) is 0.963. The number of hydrogen-bond donors (Lipinski definition) is 0. The largest absolute Gasteiger partial charge is 1.00 e. The molecule has 0 unspecified atom stereocenters. The number of aliphatic carboxylic acids is 1. The van der Waals surface area contributed by atoms with Crippen molar-refractivity contribution in [2.24, 2.45) is 0 Å². The van der Waals surface area contributed by atoms with Crippen LogP contribution in [0.2, 0.25) is 0 Å². The molecule has 0 aliphatic rings. The first-order valence-corrected chi connectivity index (χ1v) is 8.58. The molecule has 3 aromatic carbocycles. The van der Waals surface area contributed by atoms with Crippen LogP contribution in [0.1, 0.15) is 16.7 Å². The maximum absolute atomic E-state index is 10.6. The van der Waals surface area contributed by atoms with Gasteiger partial charge in [0.25, 0.3) is 0 Å². The summed E-state index contributed by atoms with van der Waals surface area (Å²) in [6, 6.07) is 24.8. The number of rotatable bonds is 8. The molecule has 28 heavy (non-hydrogen) atoms. The summed E-state index contributed by atoms with van der Waals surface area (Å²) in [5.41, 5.74) is 2.62. The molecule has 0 saturated carbocycles. The quantitative estimate of drug-likeness (QED) is 0.430. The zero-order valence-electron chi connectivity index (χ0n) is 15.7. The van der Waals surface area contributed by atoms with Crippen molar-refractivity contribution in [1.29, 1.82) is 0 Å². The average molecular weight is 382 g/mol. The van der Waals surface area contributed by atoms with Gasteiger partial charge < -0.3 is 19.4 Å². The van der Waals surface area contributed by atoms with Crippen LogP contribution in [-0.2, 0) is 22.7 Å². The Bertz CT molecular complexity index is 923. The van der Waals surface area contributed by atoms with Crippen molar-refractivity contribution >= 4 is 12.0 Å². The Kier molecular flexibility index (Phi) is 8.98. The zero-order valence-corrected chi connectivity index (χ0v) is 17.7. The van der Waals surface area contributed by atoms with Crippen LogP contribution in [0.15, 0.2) is 84.9 Å². The van der Waals surface area contributed by atoms with Gasteiger partial charge in [-0.1, -0.05) is 66.7 Å². The van der Waals surface area contributed by atoms with Gasteiger partial charge in [0.05, 0.1) is 19.2 Å². The van der Waals surface area contributed by atoms with Gasteiger partial charge in [-0.15, -0.1) is 0 Å². The molecule has 0 aliphatic carbocycles. The van der Waals surface area contributed by atoms with E-state index < -0.39 is 5.97 Å². The summed E-state index contributed by atoms with van der Waals surface area (Å²) < 4.78 is 11.8. The van der Waals surface area contributed by atoms with Gasteiger partial charge in [0, 0.05) is 5.56 Å². The van der Waals surface area contributed by atoms with Crippen LogP contribution in [-0.4, -0.2) is 5.97 Å². The molecular weight excluding hydrogens is 363 g/mol. The van der Waals surface area contributed by atoms with Crippen molar-refractivity contribution < 1.29 is 48.9 Å². The minimum atomic E-state index is -1.22. The number of hydrogen-bond acceptors (Lipinski definition) is 4. The topological polar surface area (TPSA) is 58.6 Å². The van der Waals surface area contributed by atoms with Gasteiger partial charge in [-0.25, -0.2) is 0 Å². The molecule has 0 N–H and O–H groups in total. The SMILES string of the molecule is O=C([O-])/C=C/c1ccccc1COCc1ccccc1Oc1ccccc1.[Na+]. The second kappa shape index (κ2) is 11.5. The summed E-state index contributed by atoms with van der Waals surface area (Å²) in [7, 11) is 0. The second-order valence-corrected chi connectivity index (χ2v) is 5.87. The standard InChI is InChI=1S/C23H20O4.Na/c24-23(25)15-14-18-8-4-5-9-19(18)16-26-17-20-10-6-7-13-22(20)27-21-11-2-1-3-12-21;/h1-15H,16-17H2,(H,24,25);/q;+1/p-1/b15-14+;. The first-order chi connectivity index (χ1) is 13.2. The van der Waals surface area contributed by atoms with Gasteiger partial charge in [-0.05, 0) is 35.4 Å². The minimum absolute atomic E-state index is 0. The molecule has 0 atom stereocenters. The molecule has 3 aromatic rings. The maximum Gasteiger partial charge on any atom is 1.00 e. The molecule has 0 heterocycles. The molecule has 0 aromatic heterocycles. The number of carboxylic acids is 1. The predicted molar refractivity (Wildman–Crippen MR) is 102 cm³/mol. The van der Waals surface area contributed by atoms with Gasteiger partial charge in [0.1, 0.15) is 11.5 Å². The second-order valence-electron chi connectivity index (χ2n) is 5.87. The fourth-order valence-corrected chi connectivity index (χ4v) is 2.60. The molecular formula is C23H19NaO4. The number of carboxylic acid groups (broad SMARTS) is 1. The van der Waals surface area contributed by atoms with E-state index in [0.717, 1.165) is 34.3 Å². The first kappa shape index (κ1) is 21.9. The van der Waals surface area contributed by atoms with Gasteiger partial charge in [-0.2, -0.15) is 0 Å². The number of ether oxygens (including phenoxy) is 2. The summed E-state index contributed by atoms with van der Waals surface area (Å²) in [4.78, 5) is 10.6. The van der Waals surface area contributed by atoms with Crippen LogP contribution in [0.5, 0.6) is 11.5 Å². The van der Waals surface area contributed by atoms with Crippen molar-refractivity contribution in [3.05, 3.63) is 102 Å². The molecule has 0 saturated heterocycles. The van der Waals surface area contributed by atoms with E-state index in [1.165, 1.54) is 6.08 Å². The zero-order chi connectivity index (χ0) is 18.9. The molecule has 4 nitrogen and oxygen atoms in total. The molecule has 0 fully saturated rings. The normalized spacial score (nSPS) is 10.4. The van der Waals surface area contributed by atoms with Crippen molar-refractivity contribution in [2.75, 3.05) is 0 Å². The Morgan fingerprint density at radius 3 is 2.18 bits per heavy atom. The van der Waals surface area contributed by atoms with Crippen LogP contribution < -0.4 is 39.4 Å². The Labute approximate surface area is 186 Å². The molecule has 0 aliphatic heterocycles. The molecule has 0 bridgehead atoms. The van der Waals surface area contributed by atoms with Gasteiger partial charge in [0.15, 0.2) is 0 Å². The third kappa shape index (κ3) is 6.66. The molecule has 136 valence electrons. The summed E-state index contributed by atoms with van der Waals surface area (Å²) in [6.07, 6.45) is 2.53. The molecule has 0 spiro atoms. The van der Waals surface area contributed by atoms with Gasteiger partial charge >= 0.3 is 29.6 Å². The average Bonchev–Trinajstić information content (AvgIpc) is 2.69.